The average molecular weight is 286 g/mol. The van der Waals surface area contributed by atoms with Crippen LogP contribution in [0.5, 0.6) is 5.75 Å². The Labute approximate surface area is 123 Å². The van der Waals surface area contributed by atoms with Gasteiger partial charge in [-0.1, -0.05) is 12.1 Å². The van der Waals surface area contributed by atoms with Crippen molar-refractivity contribution in [2.75, 3.05) is 25.3 Å². The predicted octanol–water partition coefficient (Wildman–Crippen LogP) is 2.68. The van der Waals surface area contributed by atoms with Crippen molar-refractivity contribution in [1.29, 1.82) is 0 Å². The molecule has 0 bridgehead atoms. The highest BCUT2D eigenvalue weighted by molar-refractivity contribution is 6.05. The number of nitrogens with two attached hydrogens (primary N) is 1. The maximum Gasteiger partial charge on any atom is 0.255 e. The molecule has 21 heavy (non-hydrogen) atoms. The average Bonchev–Trinajstić information content (AvgIpc) is 2.48. The molecule has 0 aliphatic rings. The lowest BCUT2D eigenvalue weighted by Crippen LogP contribution is -2.12. The van der Waals surface area contributed by atoms with Gasteiger partial charge in [0.25, 0.3) is 5.91 Å². The monoisotopic (exact) mass is 286 g/mol. The summed E-state index contributed by atoms with van der Waals surface area (Å²) in [6.07, 6.45) is 0. The third-order valence-corrected chi connectivity index (χ3v) is 2.99. The fraction of sp³-hybridized carbons (Fsp3) is 0.188. The molecule has 2 aromatic carbocycles. The highest BCUT2D eigenvalue weighted by atomic mass is 16.5. The van der Waals surface area contributed by atoms with Crippen molar-refractivity contribution in [3.05, 3.63) is 53.6 Å². The molecule has 1 amide bonds. The Kier molecular flexibility index (Phi) is 4.79. The number of carbonyl (C=O) groups excluding carboxylic acids is 1. The van der Waals surface area contributed by atoms with Gasteiger partial charge in [0.15, 0.2) is 0 Å². The number of carbonyl (C=O) groups is 1. The Bertz CT molecular complexity index is 641. The fourth-order valence-corrected chi connectivity index (χ4v) is 1.98. The summed E-state index contributed by atoms with van der Waals surface area (Å²) in [6.45, 7) is 0.499. The van der Waals surface area contributed by atoms with Crippen molar-refractivity contribution in [2.24, 2.45) is 0 Å². The Balaban J connectivity index is 2.14. The first kappa shape index (κ1) is 14.9. The van der Waals surface area contributed by atoms with Crippen LogP contribution in [-0.2, 0) is 11.3 Å². The first-order chi connectivity index (χ1) is 10.1. The van der Waals surface area contributed by atoms with Crippen molar-refractivity contribution >= 4 is 17.3 Å². The first-order valence-corrected chi connectivity index (χ1v) is 6.47. The Morgan fingerprint density at radius 3 is 2.67 bits per heavy atom. The Morgan fingerprint density at radius 2 is 2.00 bits per heavy atom. The summed E-state index contributed by atoms with van der Waals surface area (Å²) in [5.41, 5.74) is 8.41. The molecule has 0 aliphatic carbocycles. The van der Waals surface area contributed by atoms with Crippen LogP contribution in [0.3, 0.4) is 0 Å². The van der Waals surface area contributed by atoms with Crippen LogP contribution in [-0.4, -0.2) is 20.1 Å². The van der Waals surface area contributed by atoms with Gasteiger partial charge in [-0.25, -0.2) is 0 Å². The molecule has 0 unspecified atom stereocenters. The molecule has 3 N–H and O–H groups in total. The second kappa shape index (κ2) is 6.76. The number of nitrogens with one attached hydrogen (secondary N) is 1. The van der Waals surface area contributed by atoms with Gasteiger partial charge >= 0.3 is 0 Å². The molecular weight excluding hydrogens is 268 g/mol. The zero-order valence-electron chi connectivity index (χ0n) is 12.1. The zero-order valence-corrected chi connectivity index (χ0v) is 12.1. The maximum absolute atomic E-state index is 12.2. The SMILES string of the molecule is COCc1cccc(NC(=O)c2ccc(OC)c(N)c2)c1. The predicted molar refractivity (Wildman–Crippen MR) is 82.5 cm³/mol. The van der Waals surface area contributed by atoms with Crippen molar-refractivity contribution in [3.63, 3.8) is 0 Å². The molecule has 0 aliphatic heterocycles. The normalized spacial score (nSPS) is 10.2. The van der Waals surface area contributed by atoms with E-state index in [2.05, 4.69) is 5.32 Å². The maximum atomic E-state index is 12.2. The number of benzene rings is 2. The minimum absolute atomic E-state index is 0.223. The van der Waals surface area contributed by atoms with Crippen LogP contribution in [0.4, 0.5) is 11.4 Å². The molecule has 0 fully saturated rings. The minimum Gasteiger partial charge on any atom is -0.495 e. The lowest BCUT2D eigenvalue weighted by molar-refractivity contribution is 0.102. The van der Waals surface area contributed by atoms with Crippen LogP contribution in [0.15, 0.2) is 42.5 Å². The van der Waals surface area contributed by atoms with E-state index in [1.807, 2.05) is 24.3 Å². The summed E-state index contributed by atoms with van der Waals surface area (Å²) in [7, 11) is 3.16. The van der Waals surface area contributed by atoms with E-state index in [0.717, 1.165) is 5.56 Å². The largest absolute Gasteiger partial charge is 0.495 e. The molecule has 110 valence electrons. The van der Waals surface area contributed by atoms with Gasteiger partial charge in [0, 0.05) is 18.4 Å². The van der Waals surface area contributed by atoms with Gasteiger partial charge in [-0.05, 0) is 35.9 Å². The minimum atomic E-state index is -0.223. The fourth-order valence-electron chi connectivity index (χ4n) is 1.98. The van der Waals surface area contributed by atoms with E-state index in [4.69, 9.17) is 15.2 Å². The molecule has 0 saturated heterocycles. The topological polar surface area (TPSA) is 73.6 Å². The number of amides is 1. The van der Waals surface area contributed by atoms with Crippen LogP contribution in [0.2, 0.25) is 0 Å². The van der Waals surface area contributed by atoms with Gasteiger partial charge in [-0.3, -0.25) is 4.79 Å². The van der Waals surface area contributed by atoms with Gasteiger partial charge in [0.1, 0.15) is 5.75 Å². The Hall–Kier alpha value is -2.53. The molecule has 5 nitrogen and oxygen atoms in total. The van der Waals surface area contributed by atoms with Crippen molar-refractivity contribution < 1.29 is 14.3 Å². The second-order valence-corrected chi connectivity index (χ2v) is 4.54. The van der Waals surface area contributed by atoms with E-state index >= 15 is 0 Å². The summed E-state index contributed by atoms with van der Waals surface area (Å²) in [5.74, 6) is 0.326. The van der Waals surface area contributed by atoms with Crippen LogP contribution >= 0.6 is 0 Å². The van der Waals surface area contributed by atoms with E-state index in [-0.39, 0.29) is 5.91 Å². The molecule has 0 atom stereocenters. The number of hydrogen-bond donors (Lipinski definition) is 2. The summed E-state index contributed by atoms with van der Waals surface area (Å²) < 4.78 is 10.1. The lowest BCUT2D eigenvalue weighted by Gasteiger charge is -2.09. The van der Waals surface area contributed by atoms with E-state index in [1.54, 1.807) is 25.3 Å². The van der Waals surface area contributed by atoms with Crippen LogP contribution < -0.4 is 15.8 Å². The van der Waals surface area contributed by atoms with Gasteiger partial charge in [-0.2, -0.15) is 0 Å². The number of nitrogen functional groups attached to an aromatic ring is 1. The zero-order chi connectivity index (χ0) is 15.2. The van der Waals surface area contributed by atoms with Crippen LogP contribution in [0.1, 0.15) is 15.9 Å². The summed E-state index contributed by atoms with van der Waals surface area (Å²) in [5, 5.41) is 2.83. The molecule has 0 heterocycles. The number of methoxy groups -OCH3 is 2. The highest BCUT2D eigenvalue weighted by Gasteiger charge is 2.09. The molecule has 2 aromatic rings. The molecular formula is C16H18N2O3. The molecule has 5 heteroatoms. The number of rotatable bonds is 5. The summed E-state index contributed by atoms with van der Waals surface area (Å²) in [4.78, 5) is 12.2. The van der Waals surface area contributed by atoms with E-state index in [0.29, 0.717) is 29.3 Å². The highest BCUT2D eigenvalue weighted by Crippen LogP contribution is 2.22. The van der Waals surface area contributed by atoms with E-state index < -0.39 is 0 Å². The number of anilines is 2. The van der Waals surface area contributed by atoms with Crippen LogP contribution in [0, 0.1) is 0 Å². The Morgan fingerprint density at radius 1 is 1.19 bits per heavy atom. The molecule has 0 aromatic heterocycles. The molecule has 0 spiro atoms. The third-order valence-electron chi connectivity index (χ3n) is 2.99. The van der Waals surface area contributed by atoms with Crippen LogP contribution in [0.25, 0.3) is 0 Å². The summed E-state index contributed by atoms with van der Waals surface area (Å²) >= 11 is 0. The van der Waals surface area contributed by atoms with Gasteiger partial charge in [-0.15, -0.1) is 0 Å². The molecule has 2 rings (SSSR count). The molecule has 0 radical (unpaired) electrons. The third kappa shape index (κ3) is 3.73. The van der Waals surface area contributed by atoms with Gasteiger partial charge < -0.3 is 20.5 Å². The quantitative estimate of drug-likeness (QED) is 0.829. The van der Waals surface area contributed by atoms with Crippen molar-refractivity contribution in [1.82, 2.24) is 0 Å². The van der Waals surface area contributed by atoms with E-state index in [9.17, 15) is 4.79 Å². The second-order valence-electron chi connectivity index (χ2n) is 4.54. The smallest absolute Gasteiger partial charge is 0.255 e. The summed E-state index contributed by atoms with van der Waals surface area (Å²) in [6, 6.07) is 12.4. The molecule has 0 saturated carbocycles. The first-order valence-electron chi connectivity index (χ1n) is 6.47. The van der Waals surface area contributed by atoms with Gasteiger partial charge in [0.2, 0.25) is 0 Å². The standard InChI is InChI=1S/C16H18N2O3/c1-20-10-11-4-3-5-13(8-11)18-16(19)12-6-7-15(21-2)14(17)9-12/h3-9H,10,17H2,1-2H3,(H,18,19). The number of ether oxygens (including phenoxy) is 2. The number of hydrogen-bond acceptors (Lipinski definition) is 4. The lowest BCUT2D eigenvalue weighted by atomic mass is 10.1. The van der Waals surface area contributed by atoms with Crippen molar-refractivity contribution in [3.8, 4) is 5.75 Å². The van der Waals surface area contributed by atoms with Crippen molar-refractivity contribution in [2.45, 2.75) is 6.61 Å². The van der Waals surface area contributed by atoms with E-state index in [1.165, 1.54) is 7.11 Å². The van der Waals surface area contributed by atoms with Gasteiger partial charge in [0.05, 0.1) is 19.4 Å².